The number of aryl methyl sites for hydroxylation is 1. The number of rotatable bonds is 9. The maximum Gasteiger partial charge on any atom is 0.261 e. The summed E-state index contributed by atoms with van der Waals surface area (Å²) >= 11 is 3.32. The van der Waals surface area contributed by atoms with E-state index in [0.29, 0.717) is 6.54 Å². The van der Waals surface area contributed by atoms with Crippen LogP contribution in [0.15, 0.2) is 47.4 Å². The summed E-state index contributed by atoms with van der Waals surface area (Å²) in [5.74, 6) is 0.973. The highest BCUT2D eigenvalue weighted by atomic mass is 35.5. The summed E-state index contributed by atoms with van der Waals surface area (Å²) in [4.78, 5) is 23.4. The summed E-state index contributed by atoms with van der Waals surface area (Å²) in [5, 5.41) is 0.785. The fraction of sp³-hybridized carbons (Fsp3) is 0.391. The first kappa shape index (κ1) is 24.7. The monoisotopic (exact) mass is 463 g/mol. The van der Waals surface area contributed by atoms with E-state index in [1.807, 2.05) is 29.2 Å². The topological polar surface area (TPSA) is 36.4 Å². The Bertz CT molecular complexity index is 974. The molecule has 0 N–H and O–H groups in total. The average Bonchev–Trinajstić information content (AvgIpc) is 3.14. The number of fused-ring (bicyclic) bond motifs is 1. The summed E-state index contributed by atoms with van der Waals surface area (Å²) in [6, 6.07) is 14.3. The molecule has 1 heterocycles. The van der Waals surface area contributed by atoms with Gasteiger partial charge in [0.05, 0.1) is 15.8 Å². The van der Waals surface area contributed by atoms with Gasteiger partial charge in [-0.15, -0.1) is 24.2 Å². The lowest BCUT2D eigenvalue weighted by atomic mass is 10.2. The second-order valence-corrected chi connectivity index (χ2v) is 9.51. The van der Waals surface area contributed by atoms with Crippen molar-refractivity contribution in [2.75, 3.05) is 37.8 Å². The van der Waals surface area contributed by atoms with Gasteiger partial charge in [-0.05, 0) is 69.1 Å². The number of nitrogens with zero attached hydrogens (tertiary/aromatic N) is 3. The van der Waals surface area contributed by atoms with E-state index in [1.165, 1.54) is 5.56 Å². The highest BCUT2D eigenvalue weighted by molar-refractivity contribution is 7.99. The van der Waals surface area contributed by atoms with Gasteiger partial charge in [0.25, 0.3) is 5.91 Å². The molecule has 1 amide bonds. The Morgan fingerprint density at radius 3 is 2.57 bits per heavy atom. The molecule has 0 aliphatic rings. The van der Waals surface area contributed by atoms with Gasteiger partial charge in [0.2, 0.25) is 0 Å². The zero-order valence-electron chi connectivity index (χ0n) is 18.1. The predicted octanol–water partition coefficient (Wildman–Crippen LogP) is 5.99. The normalized spacial score (nSPS) is 11.0. The minimum absolute atomic E-state index is 0. The standard InChI is InChI=1S/C23H29N3OS2.ClH/c1-5-17-12-13-19-21(16-17)29-23(24-19)26(15-9-14-25(3)4)22(27)18-10-7-8-11-20(18)28-6-2;/h7-8,10-13,16H,5-6,9,14-15H2,1-4H3;1H. The third-order valence-electron chi connectivity index (χ3n) is 4.73. The van der Waals surface area contributed by atoms with Crippen LogP contribution in [0.3, 0.4) is 0 Å². The number of carbonyl (C=O) groups excluding carboxylic acids is 1. The van der Waals surface area contributed by atoms with E-state index >= 15 is 0 Å². The lowest BCUT2D eigenvalue weighted by Gasteiger charge is -2.22. The number of halogens is 1. The Morgan fingerprint density at radius 1 is 1.10 bits per heavy atom. The van der Waals surface area contributed by atoms with Crippen LogP contribution in [-0.4, -0.2) is 48.7 Å². The molecule has 4 nitrogen and oxygen atoms in total. The Hall–Kier alpha value is -1.60. The Labute approximate surface area is 194 Å². The fourth-order valence-corrected chi connectivity index (χ4v) is 5.04. The number of hydrogen-bond acceptors (Lipinski definition) is 5. The number of carbonyl (C=O) groups is 1. The lowest BCUT2D eigenvalue weighted by Crippen LogP contribution is -2.33. The molecule has 3 aromatic rings. The van der Waals surface area contributed by atoms with E-state index in [4.69, 9.17) is 4.98 Å². The lowest BCUT2D eigenvalue weighted by molar-refractivity contribution is 0.0983. The molecule has 0 aliphatic carbocycles. The summed E-state index contributed by atoms with van der Waals surface area (Å²) in [5.41, 5.74) is 3.02. The first-order valence-electron chi connectivity index (χ1n) is 10.1. The summed E-state index contributed by atoms with van der Waals surface area (Å²) in [7, 11) is 4.12. The maximum absolute atomic E-state index is 13.6. The number of amides is 1. The van der Waals surface area contributed by atoms with Crippen LogP contribution in [0.5, 0.6) is 0 Å². The van der Waals surface area contributed by atoms with Crippen molar-refractivity contribution >= 4 is 56.8 Å². The highest BCUT2D eigenvalue weighted by Gasteiger charge is 2.23. The van der Waals surface area contributed by atoms with Crippen molar-refractivity contribution in [2.45, 2.75) is 31.6 Å². The van der Waals surface area contributed by atoms with Crippen molar-refractivity contribution < 1.29 is 4.79 Å². The molecule has 30 heavy (non-hydrogen) atoms. The van der Waals surface area contributed by atoms with Gasteiger partial charge in [-0.3, -0.25) is 9.69 Å². The van der Waals surface area contributed by atoms with Crippen molar-refractivity contribution in [3.8, 4) is 0 Å². The largest absolute Gasteiger partial charge is 0.309 e. The smallest absolute Gasteiger partial charge is 0.261 e. The van der Waals surface area contributed by atoms with Crippen LogP contribution in [0.1, 0.15) is 36.2 Å². The molecule has 162 valence electrons. The van der Waals surface area contributed by atoms with E-state index < -0.39 is 0 Å². The van der Waals surface area contributed by atoms with Crippen LogP contribution in [0, 0.1) is 0 Å². The van der Waals surface area contributed by atoms with Crippen LogP contribution >= 0.6 is 35.5 Å². The van der Waals surface area contributed by atoms with Crippen molar-refractivity contribution in [2.24, 2.45) is 0 Å². The second kappa shape index (κ2) is 11.7. The van der Waals surface area contributed by atoms with Crippen molar-refractivity contribution in [1.29, 1.82) is 0 Å². The summed E-state index contributed by atoms with van der Waals surface area (Å²) in [6.07, 6.45) is 1.90. The highest BCUT2D eigenvalue weighted by Crippen LogP contribution is 2.32. The van der Waals surface area contributed by atoms with Gasteiger partial charge in [0, 0.05) is 11.4 Å². The molecule has 0 spiro atoms. The molecule has 0 radical (unpaired) electrons. The van der Waals surface area contributed by atoms with Crippen molar-refractivity contribution in [3.05, 3.63) is 53.6 Å². The SMILES string of the molecule is CCSc1ccccc1C(=O)N(CCCN(C)C)c1nc2ccc(CC)cc2s1.Cl. The Kier molecular flexibility index (Phi) is 9.62. The molecule has 0 saturated carbocycles. The second-order valence-electron chi connectivity index (χ2n) is 7.19. The molecular formula is C23H30ClN3OS2. The number of aromatic nitrogens is 1. The fourth-order valence-electron chi connectivity index (χ4n) is 3.19. The Balaban J connectivity index is 0.00000320. The van der Waals surface area contributed by atoms with Crippen LogP contribution in [-0.2, 0) is 6.42 Å². The minimum atomic E-state index is 0. The van der Waals surface area contributed by atoms with Gasteiger partial charge in [-0.1, -0.05) is 43.4 Å². The average molecular weight is 464 g/mol. The maximum atomic E-state index is 13.6. The van der Waals surface area contributed by atoms with Crippen molar-refractivity contribution in [1.82, 2.24) is 9.88 Å². The van der Waals surface area contributed by atoms with Crippen LogP contribution in [0.2, 0.25) is 0 Å². The van der Waals surface area contributed by atoms with Crippen LogP contribution in [0.4, 0.5) is 5.13 Å². The molecule has 0 atom stereocenters. The number of hydrogen-bond donors (Lipinski definition) is 0. The number of thiazole rings is 1. The molecule has 3 rings (SSSR count). The van der Waals surface area contributed by atoms with Crippen LogP contribution < -0.4 is 4.90 Å². The van der Waals surface area contributed by atoms with Crippen LogP contribution in [0.25, 0.3) is 10.2 Å². The molecule has 0 fully saturated rings. The van der Waals surface area contributed by atoms with Gasteiger partial charge >= 0.3 is 0 Å². The third kappa shape index (κ3) is 5.97. The molecule has 2 aromatic carbocycles. The number of benzene rings is 2. The summed E-state index contributed by atoms with van der Waals surface area (Å²) < 4.78 is 1.14. The number of thioether (sulfide) groups is 1. The van der Waals surface area contributed by atoms with E-state index in [9.17, 15) is 4.79 Å². The van der Waals surface area contributed by atoms with E-state index in [2.05, 4.69) is 51.0 Å². The zero-order valence-corrected chi connectivity index (χ0v) is 20.5. The first-order chi connectivity index (χ1) is 14.0. The van der Waals surface area contributed by atoms with Crippen molar-refractivity contribution in [3.63, 3.8) is 0 Å². The molecule has 0 saturated heterocycles. The quantitative estimate of drug-likeness (QED) is 0.365. The minimum Gasteiger partial charge on any atom is -0.309 e. The Morgan fingerprint density at radius 2 is 1.87 bits per heavy atom. The van der Waals surface area contributed by atoms with Gasteiger partial charge < -0.3 is 4.90 Å². The zero-order chi connectivity index (χ0) is 20.8. The van der Waals surface area contributed by atoms with E-state index in [-0.39, 0.29) is 18.3 Å². The summed E-state index contributed by atoms with van der Waals surface area (Å²) in [6.45, 7) is 5.85. The molecule has 1 aromatic heterocycles. The molecule has 7 heteroatoms. The van der Waals surface area contributed by atoms with E-state index in [1.54, 1.807) is 23.1 Å². The molecule has 0 bridgehead atoms. The van der Waals surface area contributed by atoms with Gasteiger partial charge in [0.1, 0.15) is 0 Å². The van der Waals surface area contributed by atoms with Gasteiger partial charge in [-0.25, -0.2) is 4.98 Å². The molecule has 0 aliphatic heterocycles. The first-order valence-corrected chi connectivity index (χ1v) is 11.9. The van der Waals surface area contributed by atoms with E-state index in [0.717, 1.165) is 50.9 Å². The third-order valence-corrected chi connectivity index (χ3v) is 6.73. The number of anilines is 1. The van der Waals surface area contributed by atoms with Gasteiger partial charge in [-0.2, -0.15) is 0 Å². The molecular weight excluding hydrogens is 434 g/mol. The molecule has 0 unspecified atom stereocenters. The predicted molar refractivity (Wildman–Crippen MR) is 134 cm³/mol. The van der Waals surface area contributed by atoms with Gasteiger partial charge in [0.15, 0.2) is 5.13 Å².